The summed E-state index contributed by atoms with van der Waals surface area (Å²) in [5, 5.41) is 2.80. The molecule has 1 saturated heterocycles. The van der Waals surface area contributed by atoms with E-state index in [1.807, 2.05) is 25.3 Å². The molecule has 1 heterocycles. The molecule has 1 N–H and O–H groups in total. The first-order chi connectivity index (χ1) is 10.5. The maximum atomic E-state index is 12.6. The fourth-order valence-electron chi connectivity index (χ4n) is 2.57. The Morgan fingerprint density at radius 2 is 1.86 bits per heavy atom. The molecule has 0 radical (unpaired) electrons. The predicted molar refractivity (Wildman–Crippen MR) is 88.4 cm³/mol. The maximum Gasteiger partial charge on any atom is 0.243 e. The summed E-state index contributed by atoms with van der Waals surface area (Å²) in [6.07, 6.45) is 3.11. The topological polar surface area (TPSA) is 66.5 Å². The Kier molecular flexibility index (Phi) is 5.88. The number of nitrogens with one attached hydrogen (secondary N) is 1. The molecule has 0 spiro atoms. The van der Waals surface area contributed by atoms with E-state index >= 15 is 0 Å². The van der Waals surface area contributed by atoms with Crippen LogP contribution in [-0.2, 0) is 14.8 Å². The number of piperidine rings is 1. The van der Waals surface area contributed by atoms with Crippen LogP contribution in [0.3, 0.4) is 0 Å². The van der Waals surface area contributed by atoms with Crippen molar-refractivity contribution in [2.75, 3.05) is 25.9 Å². The van der Waals surface area contributed by atoms with E-state index in [2.05, 4.69) is 5.32 Å². The zero-order valence-electron chi connectivity index (χ0n) is 12.9. The van der Waals surface area contributed by atoms with Crippen molar-refractivity contribution in [2.45, 2.75) is 29.6 Å². The van der Waals surface area contributed by atoms with Gasteiger partial charge in [0.1, 0.15) is 0 Å². The van der Waals surface area contributed by atoms with Crippen molar-refractivity contribution in [1.29, 1.82) is 0 Å². The van der Waals surface area contributed by atoms with E-state index in [4.69, 9.17) is 0 Å². The summed E-state index contributed by atoms with van der Waals surface area (Å²) in [5.74, 6) is -0.0471. The molecule has 1 aromatic carbocycles. The summed E-state index contributed by atoms with van der Waals surface area (Å²) in [6, 6.07) is 6.94. The summed E-state index contributed by atoms with van der Waals surface area (Å²) in [6.45, 7) is 3.29. The van der Waals surface area contributed by atoms with E-state index in [-0.39, 0.29) is 11.8 Å². The highest BCUT2D eigenvalue weighted by molar-refractivity contribution is 7.98. The number of amides is 1. The number of sulfonamides is 1. The quantitative estimate of drug-likeness (QED) is 0.831. The van der Waals surface area contributed by atoms with E-state index in [9.17, 15) is 13.2 Å². The molecule has 122 valence electrons. The van der Waals surface area contributed by atoms with Crippen LogP contribution in [0.4, 0.5) is 0 Å². The lowest BCUT2D eigenvalue weighted by Gasteiger charge is -2.30. The molecule has 0 aromatic heterocycles. The lowest BCUT2D eigenvalue weighted by atomic mass is 9.97. The average molecular weight is 342 g/mol. The van der Waals surface area contributed by atoms with Crippen molar-refractivity contribution < 1.29 is 13.2 Å². The van der Waals surface area contributed by atoms with Crippen LogP contribution in [0.1, 0.15) is 19.8 Å². The van der Waals surface area contributed by atoms with Crippen molar-refractivity contribution >= 4 is 27.7 Å². The minimum atomic E-state index is -3.46. The Morgan fingerprint density at radius 1 is 1.27 bits per heavy atom. The number of hydrogen-bond acceptors (Lipinski definition) is 4. The van der Waals surface area contributed by atoms with Gasteiger partial charge in [-0.05, 0) is 50.3 Å². The molecule has 0 saturated carbocycles. The molecule has 0 aliphatic carbocycles. The minimum absolute atomic E-state index is 0.0314. The molecule has 22 heavy (non-hydrogen) atoms. The summed E-state index contributed by atoms with van der Waals surface area (Å²) in [5.41, 5.74) is 0. The number of rotatable bonds is 5. The van der Waals surface area contributed by atoms with Crippen LogP contribution in [0.15, 0.2) is 34.1 Å². The highest BCUT2D eigenvalue weighted by atomic mass is 32.2. The standard InChI is InChI=1S/C15H22N2O3S2/c1-3-16-15(18)12-8-10-17(11-9-12)22(19,20)14-6-4-13(21-2)5-7-14/h4-7,12H,3,8-11H2,1-2H3,(H,16,18). The molecule has 0 bridgehead atoms. The highest BCUT2D eigenvalue weighted by Gasteiger charge is 2.31. The van der Waals surface area contributed by atoms with Gasteiger partial charge in [0.15, 0.2) is 0 Å². The van der Waals surface area contributed by atoms with Crippen LogP contribution in [0.5, 0.6) is 0 Å². The maximum absolute atomic E-state index is 12.6. The Morgan fingerprint density at radius 3 is 2.36 bits per heavy atom. The number of hydrogen-bond donors (Lipinski definition) is 1. The third-order valence-electron chi connectivity index (χ3n) is 3.87. The van der Waals surface area contributed by atoms with Gasteiger partial charge < -0.3 is 5.32 Å². The first-order valence-electron chi connectivity index (χ1n) is 7.41. The number of carbonyl (C=O) groups is 1. The smallest absolute Gasteiger partial charge is 0.243 e. The number of benzene rings is 1. The Balaban J connectivity index is 2.04. The van der Waals surface area contributed by atoms with Gasteiger partial charge in [-0.2, -0.15) is 4.31 Å². The van der Waals surface area contributed by atoms with Crippen LogP contribution in [-0.4, -0.2) is 44.5 Å². The fraction of sp³-hybridized carbons (Fsp3) is 0.533. The van der Waals surface area contributed by atoms with Gasteiger partial charge in [-0.3, -0.25) is 4.79 Å². The predicted octanol–water partition coefficient (Wildman–Crippen LogP) is 1.95. The molecule has 2 rings (SSSR count). The van der Waals surface area contributed by atoms with Crippen LogP contribution in [0.2, 0.25) is 0 Å². The second-order valence-corrected chi connectivity index (χ2v) is 8.07. The minimum Gasteiger partial charge on any atom is -0.356 e. The second-order valence-electron chi connectivity index (χ2n) is 5.25. The third-order valence-corrected chi connectivity index (χ3v) is 6.53. The molecule has 1 aliphatic heterocycles. The van der Waals surface area contributed by atoms with Crippen molar-refractivity contribution in [3.05, 3.63) is 24.3 Å². The summed E-state index contributed by atoms with van der Waals surface area (Å²) < 4.78 is 26.7. The van der Waals surface area contributed by atoms with E-state index in [1.165, 1.54) is 4.31 Å². The first kappa shape index (κ1) is 17.3. The molecule has 7 heteroatoms. The fourth-order valence-corrected chi connectivity index (χ4v) is 4.45. The van der Waals surface area contributed by atoms with E-state index in [0.29, 0.717) is 37.4 Å². The van der Waals surface area contributed by atoms with Gasteiger partial charge >= 0.3 is 0 Å². The highest BCUT2D eigenvalue weighted by Crippen LogP contribution is 2.25. The second kappa shape index (κ2) is 7.48. The van der Waals surface area contributed by atoms with Gasteiger partial charge in [-0.1, -0.05) is 0 Å². The number of carbonyl (C=O) groups excluding carboxylic acids is 1. The zero-order chi connectivity index (χ0) is 16.2. The van der Waals surface area contributed by atoms with Gasteiger partial charge in [0.05, 0.1) is 4.90 Å². The molecular weight excluding hydrogens is 320 g/mol. The Bertz CT molecular complexity index is 606. The lowest BCUT2D eigenvalue weighted by molar-refractivity contribution is -0.126. The van der Waals surface area contributed by atoms with Gasteiger partial charge in [0, 0.05) is 30.4 Å². The molecule has 1 aromatic rings. The van der Waals surface area contributed by atoms with Crippen molar-refractivity contribution in [3.8, 4) is 0 Å². The number of thioether (sulfide) groups is 1. The molecule has 1 fully saturated rings. The molecular formula is C15H22N2O3S2. The van der Waals surface area contributed by atoms with Crippen molar-refractivity contribution in [2.24, 2.45) is 5.92 Å². The van der Waals surface area contributed by atoms with Crippen LogP contribution in [0, 0.1) is 5.92 Å². The summed E-state index contributed by atoms with van der Waals surface area (Å²) in [7, 11) is -3.46. The van der Waals surface area contributed by atoms with Crippen LogP contribution >= 0.6 is 11.8 Å². The Hall–Kier alpha value is -1.05. The van der Waals surface area contributed by atoms with Gasteiger partial charge in [-0.25, -0.2) is 8.42 Å². The summed E-state index contributed by atoms with van der Waals surface area (Å²) >= 11 is 1.58. The molecule has 1 aliphatic rings. The van der Waals surface area contributed by atoms with Crippen LogP contribution in [0.25, 0.3) is 0 Å². The zero-order valence-corrected chi connectivity index (χ0v) is 14.5. The lowest BCUT2D eigenvalue weighted by Crippen LogP contribution is -2.42. The summed E-state index contributed by atoms with van der Waals surface area (Å²) in [4.78, 5) is 13.2. The molecule has 0 atom stereocenters. The monoisotopic (exact) mass is 342 g/mol. The molecule has 5 nitrogen and oxygen atoms in total. The normalized spacial score (nSPS) is 17.4. The largest absolute Gasteiger partial charge is 0.356 e. The SMILES string of the molecule is CCNC(=O)C1CCN(S(=O)(=O)c2ccc(SC)cc2)CC1. The third kappa shape index (κ3) is 3.83. The van der Waals surface area contributed by atoms with E-state index in [1.54, 1.807) is 23.9 Å². The van der Waals surface area contributed by atoms with Crippen LogP contribution < -0.4 is 5.32 Å². The molecule has 1 amide bonds. The molecule has 0 unspecified atom stereocenters. The Labute approximate surface area is 136 Å². The van der Waals surface area contributed by atoms with Crippen molar-refractivity contribution in [3.63, 3.8) is 0 Å². The van der Waals surface area contributed by atoms with Gasteiger partial charge in [-0.15, -0.1) is 11.8 Å². The van der Waals surface area contributed by atoms with Gasteiger partial charge in [0.25, 0.3) is 0 Å². The van der Waals surface area contributed by atoms with Gasteiger partial charge in [0.2, 0.25) is 15.9 Å². The average Bonchev–Trinajstić information content (AvgIpc) is 2.55. The van der Waals surface area contributed by atoms with E-state index < -0.39 is 10.0 Å². The van der Waals surface area contributed by atoms with E-state index in [0.717, 1.165) is 4.90 Å². The van der Waals surface area contributed by atoms with Crippen molar-refractivity contribution in [1.82, 2.24) is 9.62 Å². The number of nitrogens with zero attached hydrogens (tertiary/aromatic N) is 1. The first-order valence-corrected chi connectivity index (χ1v) is 10.1.